The highest BCUT2D eigenvalue weighted by molar-refractivity contribution is 5.97. The quantitative estimate of drug-likeness (QED) is 0.667. The van der Waals surface area contributed by atoms with Crippen LogP contribution in [0.5, 0.6) is 0 Å². The Bertz CT molecular complexity index is 479. The molecule has 0 unspecified atom stereocenters. The number of fused-ring (bicyclic) bond motifs is 1. The number of nitrogen functional groups attached to an aromatic ring is 1. The number of benzene rings is 1. The van der Waals surface area contributed by atoms with Gasteiger partial charge in [-0.05, 0) is 18.6 Å². The number of aromatic nitrogens is 2. The van der Waals surface area contributed by atoms with Gasteiger partial charge in [-0.25, -0.2) is 9.97 Å². The summed E-state index contributed by atoms with van der Waals surface area (Å²) in [5.74, 6) is 0.807. The van der Waals surface area contributed by atoms with Crippen LogP contribution in [-0.4, -0.2) is 17.0 Å². The molecule has 14 heavy (non-hydrogen) atoms. The van der Waals surface area contributed by atoms with Crippen molar-refractivity contribution in [2.45, 2.75) is 6.92 Å². The van der Waals surface area contributed by atoms with Gasteiger partial charge in [0.05, 0.1) is 11.2 Å². The van der Waals surface area contributed by atoms with Crippen LogP contribution in [0.1, 0.15) is 5.56 Å². The molecule has 0 saturated carbocycles. The van der Waals surface area contributed by atoms with Crippen LogP contribution >= 0.6 is 0 Å². The zero-order valence-corrected chi connectivity index (χ0v) is 8.20. The number of hydrogen-bond acceptors (Lipinski definition) is 4. The Balaban J connectivity index is 2.86. The summed E-state index contributed by atoms with van der Waals surface area (Å²) in [5, 5.41) is 3.97. The number of aryl methyl sites for hydroxylation is 1. The predicted molar refractivity (Wildman–Crippen MR) is 58.2 cm³/mol. The van der Waals surface area contributed by atoms with Crippen LogP contribution in [-0.2, 0) is 0 Å². The fourth-order valence-corrected chi connectivity index (χ4v) is 1.45. The lowest BCUT2D eigenvalue weighted by Gasteiger charge is -2.07. The third-order valence-electron chi connectivity index (χ3n) is 2.30. The first kappa shape index (κ1) is 8.74. The summed E-state index contributed by atoms with van der Waals surface area (Å²) in [4.78, 5) is 8.29. The zero-order chi connectivity index (χ0) is 10.1. The van der Waals surface area contributed by atoms with Crippen molar-refractivity contribution in [2.75, 3.05) is 18.1 Å². The monoisotopic (exact) mass is 188 g/mol. The molecular formula is C10H12N4. The molecule has 2 aromatic rings. The summed E-state index contributed by atoms with van der Waals surface area (Å²) in [6.07, 6.45) is 1.52. The highest BCUT2D eigenvalue weighted by atomic mass is 15.0. The van der Waals surface area contributed by atoms with Crippen molar-refractivity contribution >= 4 is 22.4 Å². The Morgan fingerprint density at radius 2 is 2.07 bits per heavy atom. The van der Waals surface area contributed by atoms with Crippen LogP contribution in [0.3, 0.4) is 0 Å². The average molecular weight is 188 g/mol. The lowest BCUT2D eigenvalue weighted by molar-refractivity contribution is 1.21. The zero-order valence-electron chi connectivity index (χ0n) is 8.20. The molecule has 0 saturated heterocycles. The van der Waals surface area contributed by atoms with Crippen molar-refractivity contribution in [2.24, 2.45) is 0 Å². The maximum Gasteiger partial charge on any atom is 0.137 e. The van der Waals surface area contributed by atoms with Crippen LogP contribution in [0.15, 0.2) is 18.5 Å². The van der Waals surface area contributed by atoms with Crippen LogP contribution in [0.2, 0.25) is 0 Å². The molecule has 0 fully saturated rings. The summed E-state index contributed by atoms with van der Waals surface area (Å²) >= 11 is 0. The molecule has 0 aliphatic carbocycles. The molecule has 0 radical (unpaired) electrons. The van der Waals surface area contributed by atoms with E-state index in [0.717, 1.165) is 28.0 Å². The van der Waals surface area contributed by atoms with Crippen LogP contribution in [0, 0.1) is 6.92 Å². The Labute approximate surface area is 82.2 Å². The van der Waals surface area contributed by atoms with E-state index < -0.39 is 0 Å². The van der Waals surface area contributed by atoms with E-state index in [1.165, 1.54) is 6.33 Å². The Hall–Kier alpha value is -1.84. The van der Waals surface area contributed by atoms with Gasteiger partial charge in [-0.1, -0.05) is 6.07 Å². The van der Waals surface area contributed by atoms with Crippen molar-refractivity contribution in [1.82, 2.24) is 9.97 Å². The summed E-state index contributed by atoms with van der Waals surface area (Å²) < 4.78 is 0. The smallest absolute Gasteiger partial charge is 0.137 e. The van der Waals surface area contributed by atoms with Gasteiger partial charge in [-0.3, -0.25) is 0 Å². The fourth-order valence-electron chi connectivity index (χ4n) is 1.45. The molecule has 4 nitrogen and oxygen atoms in total. The van der Waals surface area contributed by atoms with Gasteiger partial charge in [0.15, 0.2) is 0 Å². The Morgan fingerprint density at radius 1 is 1.29 bits per heavy atom. The SMILES string of the molecule is CNc1ncnc2c(N)c(C)ccc12. The molecular weight excluding hydrogens is 176 g/mol. The van der Waals surface area contributed by atoms with Crippen molar-refractivity contribution in [3.63, 3.8) is 0 Å². The van der Waals surface area contributed by atoms with E-state index in [1.807, 2.05) is 26.1 Å². The van der Waals surface area contributed by atoms with E-state index in [2.05, 4.69) is 15.3 Å². The minimum absolute atomic E-state index is 0.724. The Morgan fingerprint density at radius 3 is 2.79 bits per heavy atom. The molecule has 0 spiro atoms. The normalized spacial score (nSPS) is 10.4. The molecule has 0 aliphatic rings. The summed E-state index contributed by atoms with van der Waals surface area (Å²) in [7, 11) is 1.83. The molecule has 0 aliphatic heterocycles. The number of nitrogens with two attached hydrogens (primary N) is 1. The Kier molecular flexibility index (Phi) is 1.96. The molecule has 3 N–H and O–H groups in total. The highest BCUT2D eigenvalue weighted by Crippen LogP contribution is 2.25. The number of nitrogens with zero attached hydrogens (tertiary/aromatic N) is 2. The van der Waals surface area contributed by atoms with Gasteiger partial charge in [0.25, 0.3) is 0 Å². The molecule has 0 bridgehead atoms. The van der Waals surface area contributed by atoms with E-state index in [0.29, 0.717) is 0 Å². The lowest BCUT2D eigenvalue weighted by atomic mass is 10.1. The van der Waals surface area contributed by atoms with E-state index in [1.54, 1.807) is 0 Å². The molecule has 1 aromatic heterocycles. The van der Waals surface area contributed by atoms with Gasteiger partial charge < -0.3 is 11.1 Å². The molecule has 1 aromatic carbocycles. The fraction of sp³-hybridized carbons (Fsp3) is 0.200. The maximum atomic E-state index is 5.92. The van der Waals surface area contributed by atoms with Gasteiger partial charge in [0.2, 0.25) is 0 Å². The van der Waals surface area contributed by atoms with E-state index >= 15 is 0 Å². The molecule has 1 heterocycles. The van der Waals surface area contributed by atoms with Gasteiger partial charge in [0.1, 0.15) is 12.1 Å². The first-order valence-corrected chi connectivity index (χ1v) is 4.41. The van der Waals surface area contributed by atoms with Gasteiger partial charge in [0, 0.05) is 12.4 Å². The average Bonchev–Trinajstić information content (AvgIpc) is 2.23. The first-order valence-electron chi connectivity index (χ1n) is 4.41. The second kappa shape index (κ2) is 3.14. The van der Waals surface area contributed by atoms with E-state index in [-0.39, 0.29) is 0 Å². The molecule has 2 rings (SSSR count). The van der Waals surface area contributed by atoms with E-state index in [4.69, 9.17) is 5.73 Å². The van der Waals surface area contributed by atoms with Crippen molar-refractivity contribution in [3.8, 4) is 0 Å². The number of nitrogens with one attached hydrogen (secondary N) is 1. The van der Waals surface area contributed by atoms with Gasteiger partial charge >= 0.3 is 0 Å². The number of hydrogen-bond donors (Lipinski definition) is 2. The maximum absolute atomic E-state index is 5.92. The summed E-state index contributed by atoms with van der Waals surface area (Å²) in [6.45, 7) is 1.97. The predicted octanol–water partition coefficient (Wildman–Crippen LogP) is 1.56. The second-order valence-corrected chi connectivity index (χ2v) is 3.16. The van der Waals surface area contributed by atoms with Crippen LogP contribution in [0.4, 0.5) is 11.5 Å². The lowest BCUT2D eigenvalue weighted by Crippen LogP contribution is -1.98. The summed E-state index contributed by atoms with van der Waals surface area (Å²) in [5.41, 5.74) is 8.50. The van der Waals surface area contributed by atoms with Crippen molar-refractivity contribution in [1.29, 1.82) is 0 Å². The third-order valence-corrected chi connectivity index (χ3v) is 2.30. The van der Waals surface area contributed by atoms with Crippen molar-refractivity contribution in [3.05, 3.63) is 24.0 Å². The second-order valence-electron chi connectivity index (χ2n) is 3.16. The van der Waals surface area contributed by atoms with Gasteiger partial charge in [-0.15, -0.1) is 0 Å². The molecule has 4 heteroatoms. The van der Waals surface area contributed by atoms with Crippen LogP contribution < -0.4 is 11.1 Å². The first-order chi connectivity index (χ1) is 6.74. The third kappa shape index (κ3) is 1.16. The standard InChI is InChI=1S/C10H12N4/c1-6-3-4-7-9(8(6)11)13-5-14-10(7)12-2/h3-5H,11H2,1-2H3,(H,12,13,14). The largest absolute Gasteiger partial charge is 0.397 e. The molecule has 72 valence electrons. The minimum atomic E-state index is 0.724. The minimum Gasteiger partial charge on any atom is -0.397 e. The van der Waals surface area contributed by atoms with Crippen LogP contribution in [0.25, 0.3) is 10.9 Å². The molecule has 0 amide bonds. The molecule has 0 atom stereocenters. The topological polar surface area (TPSA) is 63.8 Å². The van der Waals surface area contributed by atoms with E-state index in [9.17, 15) is 0 Å². The summed E-state index contributed by atoms with van der Waals surface area (Å²) in [6, 6.07) is 3.95. The number of rotatable bonds is 1. The number of anilines is 2. The highest BCUT2D eigenvalue weighted by Gasteiger charge is 2.05. The van der Waals surface area contributed by atoms with Gasteiger partial charge in [-0.2, -0.15) is 0 Å². The van der Waals surface area contributed by atoms with Crippen molar-refractivity contribution < 1.29 is 0 Å².